The van der Waals surface area contributed by atoms with Crippen LogP contribution in [0.3, 0.4) is 0 Å². The molecule has 0 aliphatic carbocycles. The first-order chi connectivity index (χ1) is 9.70. The van der Waals surface area contributed by atoms with Crippen molar-refractivity contribution in [3.05, 3.63) is 0 Å². The van der Waals surface area contributed by atoms with E-state index in [0.717, 1.165) is 19.3 Å². The second kappa shape index (κ2) is 18.1. The summed E-state index contributed by atoms with van der Waals surface area (Å²) in [5, 5.41) is 8.42. The summed E-state index contributed by atoms with van der Waals surface area (Å²) in [6.07, 6.45) is 13.7. The first kappa shape index (κ1) is 23.4. The summed E-state index contributed by atoms with van der Waals surface area (Å²) in [4.78, 5) is 21.7. The van der Waals surface area contributed by atoms with Crippen LogP contribution >= 0.6 is 0 Å². The molecule has 0 aliphatic rings. The molecule has 0 aromatic heterocycles. The minimum atomic E-state index is -0.863. The fourth-order valence-corrected chi connectivity index (χ4v) is 2.14. The molecule has 0 spiro atoms. The summed E-state index contributed by atoms with van der Waals surface area (Å²) in [7, 11) is 0. The third-order valence-corrected chi connectivity index (χ3v) is 3.34. The molecule has 0 atom stereocenters. The fraction of sp³-hybridized carbons (Fsp3) is 0.875. The Morgan fingerprint density at radius 2 is 1.19 bits per heavy atom. The van der Waals surface area contributed by atoms with Gasteiger partial charge in [0, 0.05) is 6.42 Å². The summed E-state index contributed by atoms with van der Waals surface area (Å²) in [6.45, 7) is 1.50. The molecule has 0 unspecified atom stereocenters. The number of hydrogen-bond donors (Lipinski definition) is 1. The number of unbranched alkanes of at least 4 members (excludes halogenated alkanes) is 10. The molecule has 4 nitrogen and oxygen atoms in total. The molecule has 0 bridgehead atoms. The maximum absolute atomic E-state index is 11.1. The summed E-state index contributed by atoms with van der Waals surface area (Å²) >= 11 is 0. The molecule has 0 fully saturated rings. The third-order valence-electron chi connectivity index (χ3n) is 3.34. The fourth-order valence-electron chi connectivity index (χ4n) is 2.14. The van der Waals surface area contributed by atoms with Crippen molar-refractivity contribution >= 4 is 41.5 Å². The van der Waals surface area contributed by atoms with Gasteiger partial charge in [-0.15, -0.1) is 0 Å². The van der Waals surface area contributed by atoms with Crippen LogP contribution in [0.5, 0.6) is 0 Å². The molecule has 0 rings (SSSR count). The van der Waals surface area contributed by atoms with Gasteiger partial charge in [0.15, 0.2) is 0 Å². The predicted molar refractivity (Wildman–Crippen MR) is 86.4 cm³/mol. The van der Waals surface area contributed by atoms with Crippen LogP contribution < -0.4 is 0 Å². The number of hydrogen-bond acceptors (Lipinski definition) is 4. The van der Waals surface area contributed by atoms with Crippen LogP contribution in [0, 0.1) is 0 Å². The standard InChI is InChI=1S/C16H30O4.Na.H/c1-2-3-4-5-6-7-8-9-10-11-12-13-15(18)20-16(19)14-17;;/h17H,2-14H2,1H3;;. The van der Waals surface area contributed by atoms with Gasteiger partial charge >= 0.3 is 41.5 Å². The van der Waals surface area contributed by atoms with Crippen LogP contribution in [0.2, 0.25) is 0 Å². The zero-order valence-corrected chi connectivity index (χ0v) is 12.9. The van der Waals surface area contributed by atoms with Gasteiger partial charge in [0.05, 0.1) is 0 Å². The second-order valence-electron chi connectivity index (χ2n) is 5.29. The maximum atomic E-state index is 11.1. The van der Waals surface area contributed by atoms with E-state index in [0.29, 0.717) is 0 Å². The average Bonchev–Trinajstić information content (AvgIpc) is 2.44. The van der Waals surface area contributed by atoms with Gasteiger partial charge in [0.25, 0.3) is 0 Å². The van der Waals surface area contributed by atoms with Crippen molar-refractivity contribution in [1.29, 1.82) is 0 Å². The van der Waals surface area contributed by atoms with Crippen LogP contribution in [0.4, 0.5) is 0 Å². The van der Waals surface area contributed by atoms with E-state index in [4.69, 9.17) is 5.11 Å². The monoisotopic (exact) mass is 310 g/mol. The SMILES string of the molecule is CCCCCCCCCCCCCC(=O)OC(=O)CO.[NaH]. The van der Waals surface area contributed by atoms with E-state index in [2.05, 4.69) is 11.7 Å². The Balaban J connectivity index is 0. The quantitative estimate of drug-likeness (QED) is 0.246. The van der Waals surface area contributed by atoms with Crippen molar-refractivity contribution in [2.75, 3.05) is 6.61 Å². The minimum absolute atomic E-state index is 0. The summed E-state index contributed by atoms with van der Waals surface area (Å²) in [5.74, 6) is -1.39. The van der Waals surface area contributed by atoms with E-state index in [1.165, 1.54) is 51.4 Å². The first-order valence-electron chi connectivity index (χ1n) is 8.05. The van der Waals surface area contributed by atoms with Gasteiger partial charge in [-0.25, -0.2) is 4.79 Å². The topological polar surface area (TPSA) is 63.6 Å². The molecular formula is C16H31NaO4. The van der Waals surface area contributed by atoms with Gasteiger partial charge in [-0.2, -0.15) is 0 Å². The van der Waals surface area contributed by atoms with Crippen molar-refractivity contribution in [2.45, 2.75) is 84.0 Å². The summed E-state index contributed by atoms with van der Waals surface area (Å²) in [5.41, 5.74) is 0. The molecule has 21 heavy (non-hydrogen) atoms. The number of ether oxygens (including phenoxy) is 1. The molecule has 0 saturated carbocycles. The van der Waals surface area contributed by atoms with Gasteiger partial charge in [-0.05, 0) is 6.42 Å². The average molecular weight is 310 g/mol. The number of aliphatic hydroxyl groups excluding tert-OH is 1. The van der Waals surface area contributed by atoms with E-state index < -0.39 is 18.5 Å². The van der Waals surface area contributed by atoms with Crippen molar-refractivity contribution in [1.82, 2.24) is 0 Å². The molecule has 0 aliphatic heterocycles. The van der Waals surface area contributed by atoms with Crippen molar-refractivity contribution in [2.24, 2.45) is 0 Å². The van der Waals surface area contributed by atoms with Gasteiger partial charge in [0.1, 0.15) is 6.61 Å². The van der Waals surface area contributed by atoms with Crippen molar-refractivity contribution in [3.63, 3.8) is 0 Å². The molecule has 5 heteroatoms. The second-order valence-corrected chi connectivity index (χ2v) is 5.29. The number of rotatable bonds is 13. The van der Waals surface area contributed by atoms with Crippen LogP contribution in [-0.4, -0.2) is 53.2 Å². The Morgan fingerprint density at radius 1 is 0.762 bits per heavy atom. The first-order valence-corrected chi connectivity index (χ1v) is 8.05. The van der Waals surface area contributed by atoms with E-state index in [9.17, 15) is 9.59 Å². The molecule has 0 radical (unpaired) electrons. The molecule has 0 aromatic carbocycles. The zero-order valence-electron chi connectivity index (χ0n) is 12.9. The Kier molecular flexibility index (Phi) is 20.2. The molecule has 120 valence electrons. The van der Waals surface area contributed by atoms with Crippen LogP contribution in [0.25, 0.3) is 0 Å². The van der Waals surface area contributed by atoms with E-state index >= 15 is 0 Å². The Morgan fingerprint density at radius 3 is 1.62 bits per heavy atom. The predicted octanol–water partition coefficient (Wildman–Crippen LogP) is 3.10. The molecule has 1 N–H and O–H groups in total. The van der Waals surface area contributed by atoms with E-state index in [1.54, 1.807) is 0 Å². The number of carbonyl (C=O) groups is 2. The summed E-state index contributed by atoms with van der Waals surface area (Å²) < 4.78 is 4.36. The van der Waals surface area contributed by atoms with Gasteiger partial charge in [-0.1, -0.05) is 71.1 Å². The van der Waals surface area contributed by atoms with Crippen LogP contribution in [0.15, 0.2) is 0 Å². The van der Waals surface area contributed by atoms with E-state index in [1.807, 2.05) is 0 Å². The number of esters is 2. The molecule has 0 aromatic rings. The van der Waals surface area contributed by atoms with Crippen molar-refractivity contribution < 1.29 is 19.4 Å². The summed E-state index contributed by atoms with van der Waals surface area (Å²) in [6, 6.07) is 0. The molecule has 0 saturated heterocycles. The normalized spacial score (nSPS) is 10.0. The Bertz CT molecular complexity index is 257. The van der Waals surface area contributed by atoms with Gasteiger partial charge in [0.2, 0.25) is 0 Å². The third kappa shape index (κ3) is 18.1. The zero-order chi connectivity index (χ0) is 15.1. The number of aliphatic hydroxyl groups is 1. The Labute approximate surface area is 151 Å². The van der Waals surface area contributed by atoms with Gasteiger partial charge < -0.3 is 9.84 Å². The van der Waals surface area contributed by atoms with Gasteiger partial charge in [-0.3, -0.25) is 4.79 Å². The molecular weight excluding hydrogens is 279 g/mol. The van der Waals surface area contributed by atoms with Crippen LogP contribution in [-0.2, 0) is 14.3 Å². The van der Waals surface area contributed by atoms with Crippen molar-refractivity contribution in [3.8, 4) is 0 Å². The molecule has 0 amide bonds. The van der Waals surface area contributed by atoms with Crippen LogP contribution in [0.1, 0.15) is 84.0 Å². The van der Waals surface area contributed by atoms with E-state index in [-0.39, 0.29) is 36.0 Å². The molecule has 0 heterocycles. The Hall–Kier alpha value is 0.1000. The number of carbonyl (C=O) groups excluding carboxylic acids is 2.